The molecule has 0 aliphatic heterocycles. The highest BCUT2D eigenvalue weighted by Crippen LogP contribution is 2.25. The van der Waals surface area contributed by atoms with E-state index in [1.807, 2.05) is 60.7 Å². The van der Waals surface area contributed by atoms with Crippen molar-refractivity contribution in [2.75, 3.05) is 5.32 Å². The summed E-state index contributed by atoms with van der Waals surface area (Å²) in [6, 6.07) is 20.3. The maximum absolute atomic E-state index is 12.4. The van der Waals surface area contributed by atoms with Crippen LogP contribution in [0.5, 0.6) is 11.5 Å². The van der Waals surface area contributed by atoms with Gasteiger partial charge in [-0.05, 0) is 30.3 Å². The monoisotopic (exact) mass is 290 g/mol. The summed E-state index contributed by atoms with van der Waals surface area (Å²) < 4.78 is 5.77. The zero-order chi connectivity index (χ0) is 15.2. The first kappa shape index (κ1) is 13.8. The minimum Gasteiger partial charge on any atom is -0.456 e. The Kier molecular flexibility index (Phi) is 4.11. The number of rotatable bonds is 4. The van der Waals surface area contributed by atoms with E-state index >= 15 is 0 Å². The van der Waals surface area contributed by atoms with Crippen molar-refractivity contribution < 1.29 is 9.53 Å². The molecule has 0 aliphatic carbocycles. The van der Waals surface area contributed by atoms with Gasteiger partial charge in [0.1, 0.15) is 17.1 Å². The molecule has 0 radical (unpaired) electrons. The lowest BCUT2D eigenvalue weighted by atomic mass is 10.2. The molecule has 0 saturated heterocycles. The van der Waals surface area contributed by atoms with Crippen LogP contribution in [0.25, 0.3) is 0 Å². The summed E-state index contributed by atoms with van der Waals surface area (Å²) >= 11 is 0. The molecule has 0 atom stereocenters. The van der Waals surface area contributed by atoms with Gasteiger partial charge in [0, 0.05) is 18.1 Å². The number of nitrogens with one attached hydrogen (secondary N) is 1. The number of anilines is 1. The number of hydrogen-bond acceptors (Lipinski definition) is 3. The molecule has 22 heavy (non-hydrogen) atoms. The number of nitrogens with zero attached hydrogens (tertiary/aromatic N) is 1. The Morgan fingerprint density at radius 1 is 0.909 bits per heavy atom. The lowest BCUT2D eigenvalue weighted by molar-refractivity contribution is 0.102. The van der Waals surface area contributed by atoms with Crippen LogP contribution >= 0.6 is 0 Å². The lowest BCUT2D eigenvalue weighted by Crippen LogP contribution is -2.13. The van der Waals surface area contributed by atoms with Gasteiger partial charge in [0.25, 0.3) is 5.91 Å². The minimum atomic E-state index is -0.259. The van der Waals surface area contributed by atoms with E-state index in [0.717, 1.165) is 5.69 Å². The third kappa shape index (κ3) is 3.30. The van der Waals surface area contributed by atoms with Crippen LogP contribution in [0.3, 0.4) is 0 Å². The Balaban J connectivity index is 1.83. The van der Waals surface area contributed by atoms with Crippen LogP contribution in [0.4, 0.5) is 5.69 Å². The van der Waals surface area contributed by atoms with Gasteiger partial charge >= 0.3 is 0 Å². The third-order valence-corrected chi connectivity index (χ3v) is 3.03. The predicted molar refractivity (Wildman–Crippen MR) is 85.1 cm³/mol. The summed E-state index contributed by atoms with van der Waals surface area (Å²) in [4.78, 5) is 16.4. The van der Waals surface area contributed by atoms with Crippen LogP contribution in [0, 0.1) is 0 Å². The molecule has 2 aromatic carbocycles. The van der Waals surface area contributed by atoms with Crippen molar-refractivity contribution in [1.82, 2.24) is 4.98 Å². The van der Waals surface area contributed by atoms with Crippen molar-refractivity contribution in [3.63, 3.8) is 0 Å². The van der Waals surface area contributed by atoms with Crippen LogP contribution in [0.1, 0.15) is 10.4 Å². The first-order valence-corrected chi connectivity index (χ1v) is 6.86. The van der Waals surface area contributed by atoms with Gasteiger partial charge < -0.3 is 10.1 Å². The van der Waals surface area contributed by atoms with Crippen molar-refractivity contribution in [1.29, 1.82) is 0 Å². The summed E-state index contributed by atoms with van der Waals surface area (Å²) in [5.74, 6) is 0.877. The van der Waals surface area contributed by atoms with E-state index in [2.05, 4.69) is 10.3 Å². The fourth-order valence-corrected chi connectivity index (χ4v) is 1.98. The molecular weight excluding hydrogens is 276 g/mol. The molecule has 0 fully saturated rings. The molecule has 0 saturated carbocycles. The van der Waals surface area contributed by atoms with E-state index in [0.29, 0.717) is 17.1 Å². The molecule has 1 amide bonds. The van der Waals surface area contributed by atoms with Crippen LogP contribution < -0.4 is 10.1 Å². The highest BCUT2D eigenvalue weighted by molar-refractivity contribution is 6.06. The largest absolute Gasteiger partial charge is 0.456 e. The van der Waals surface area contributed by atoms with Crippen molar-refractivity contribution in [2.45, 2.75) is 0 Å². The maximum Gasteiger partial charge on any atom is 0.261 e. The minimum absolute atomic E-state index is 0.259. The summed E-state index contributed by atoms with van der Waals surface area (Å²) in [5.41, 5.74) is 1.11. The summed E-state index contributed by atoms with van der Waals surface area (Å²) in [6.07, 6.45) is 3.09. The summed E-state index contributed by atoms with van der Waals surface area (Å²) in [6.45, 7) is 0. The van der Waals surface area contributed by atoms with Gasteiger partial charge in [-0.3, -0.25) is 9.78 Å². The fourth-order valence-electron chi connectivity index (χ4n) is 1.98. The van der Waals surface area contributed by atoms with E-state index < -0.39 is 0 Å². The number of pyridine rings is 1. The summed E-state index contributed by atoms with van der Waals surface area (Å²) in [5, 5.41) is 2.83. The quantitative estimate of drug-likeness (QED) is 0.786. The molecule has 4 heteroatoms. The van der Waals surface area contributed by atoms with Crippen LogP contribution in [-0.2, 0) is 0 Å². The standard InChI is InChI=1S/C18H14N2O2/c21-18(20-14-7-3-1-4-8-14)16-13-19-12-11-17(16)22-15-9-5-2-6-10-15/h1-13H,(H,20,21). The second-order valence-corrected chi connectivity index (χ2v) is 4.61. The third-order valence-electron chi connectivity index (χ3n) is 3.03. The molecule has 0 unspecified atom stereocenters. The Morgan fingerprint density at radius 2 is 1.59 bits per heavy atom. The second kappa shape index (κ2) is 6.54. The van der Waals surface area contributed by atoms with Crippen molar-refractivity contribution >= 4 is 11.6 Å². The highest BCUT2D eigenvalue weighted by atomic mass is 16.5. The SMILES string of the molecule is O=C(Nc1ccccc1)c1cnccc1Oc1ccccc1. The molecule has 4 nitrogen and oxygen atoms in total. The molecule has 3 rings (SSSR count). The first-order valence-electron chi connectivity index (χ1n) is 6.86. The van der Waals surface area contributed by atoms with E-state index in [1.165, 1.54) is 6.20 Å². The molecule has 1 heterocycles. The molecule has 108 valence electrons. The Labute approximate surface area is 128 Å². The number of carbonyl (C=O) groups excluding carboxylic acids is 1. The van der Waals surface area contributed by atoms with E-state index in [-0.39, 0.29) is 5.91 Å². The van der Waals surface area contributed by atoms with Gasteiger partial charge in [-0.1, -0.05) is 36.4 Å². The van der Waals surface area contributed by atoms with Gasteiger partial charge in [0.15, 0.2) is 0 Å². The smallest absolute Gasteiger partial charge is 0.261 e. The maximum atomic E-state index is 12.4. The number of aromatic nitrogens is 1. The van der Waals surface area contributed by atoms with Gasteiger partial charge in [-0.2, -0.15) is 0 Å². The van der Waals surface area contributed by atoms with Gasteiger partial charge in [0.05, 0.1) is 0 Å². The molecular formula is C18H14N2O2. The number of carbonyl (C=O) groups is 1. The molecule has 0 spiro atoms. The van der Waals surface area contributed by atoms with Gasteiger partial charge in [-0.25, -0.2) is 0 Å². The van der Waals surface area contributed by atoms with Crippen LogP contribution in [0.2, 0.25) is 0 Å². The van der Waals surface area contributed by atoms with E-state index in [1.54, 1.807) is 12.3 Å². The fraction of sp³-hybridized carbons (Fsp3) is 0. The number of amides is 1. The first-order chi connectivity index (χ1) is 10.8. The van der Waals surface area contributed by atoms with Crippen molar-refractivity contribution in [3.8, 4) is 11.5 Å². The molecule has 0 aliphatic rings. The van der Waals surface area contributed by atoms with E-state index in [9.17, 15) is 4.79 Å². The zero-order valence-corrected chi connectivity index (χ0v) is 11.8. The molecule has 3 aromatic rings. The van der Waals surface area contributed by atoms with Crippen LogP contribution in [0.15, 0.2) is 79.1 Å². The zero-order valence-electron chi connectivity index (χ0n) is 11.8. The number of hydrogen-bond donors (Lipinski definition) is 1. The molecule has 1 aromatic heterocycles. The predicted octanol–water partition coefficient (Wildman–Crippen LogP) is 4.13. The lowest BCUT2D eigenvalue weighted by Gasteiger charge is -2.11. The van der Waals surface area contributed by atoms with Crippen molar-refractivity contribution in [3.05, 3.63) is 84.7 Å². The number of ether oxygens (including phenoxy) is 1. The second-order valence-electron chi connectivity index (χ2n) is 4.61. The topological polar surface area (TPSA) is 51.2 Å². The highest BCUT2D eigenvalue weighted by Gasteiger charge is 2.13. The molecule has 0 bridgehead atoms. The molecule has 1 N–H and O–H groups in total. The number of para-hydroxylation sites is 2. The average molecular weight is 290 g/mol. The van der Waals surface area contributed by atoms with Crippen LogP contribution in [-0.4, -0.2) is 10.9 Å². The van der Waals surface area contributed by atoms with Crippen molar-refractivity contribution in [2.24, 2.45) is 0 Å². The average Bonchev–Trinajstić information content (AvgIpc) is 2.57. The van der Waals surface area contributed by atoms with Gasteiger partial charge in [-0.15, -0.1) is 0 Å². The Morgan fingerprint density at radius 3 is 2.32 bits per heavy atom. The van der Waals surface area contributed by atoms with Gasteiger partial charge in [0.2, 0.25) is 0 Å². The number of benzene rings is 2. The normalized spacial score (nSPS) is 10.0. The summed E-state index contributed by atoms with van der Waals surface area (Å²) in [7, 11) is 0. The van der Waals surface area contributed by atoms with E-state index in [4.69, 9.17) is 4.74 Å². The Bertz CT molecular complexity index is 758. The Hall–Kier alpha value is -3.14.